The van der Waals surface area contributed by atoms with Crippen molar-refractivity contribution < 1.29 is 4.79 Å². The number of terminal acetylenes is 1. The molecule has 0 saturated carbocycles. The minimum Gasteiger partial charge on any atom is -0.359 e. The summed E-state index contributed by atoms with van der Waals surface area (Å²) in [5.74, 6) is 2.53. The minimum absolute atomic E-state index is 0.298. The number of aromatic nitrogens is 1. The van der Waals surface area contributed by atoms with Gasteiger partial charge in [-0.3, -0.25) is 0 Å². The number of aromatic amines is 1. The lowest BCUT2D eigenvalue weighted by molar-refractivity contribution is 0.262. The van der Waals surface area contributed by atoms with Gasteiger partial charge in [-0.2, -0.15) is 0 Å². The van der Waals surface area contributed by atoms with Gasteiger partial charge in [-0.1, -0.05) is 24.1 Å². The highest BCUT2D eigenvalue weighted by atomic mass is 16.2. The number of para-hydroxylation sites is 1. The van der Waals surface area contributed by atoms with Crippen molar-refractivity contribution in [3.05, 3.63) is 60.3 Å². The summed E-state index contributed by atoms with van der Waals surface area (Å²) in [6.45, 7) is 0. The predicted molar refractivity (Wildman–Crippen MR) is 85.3 cm³/mol. The van der Waals surface area contributed by atoms with E-state index in [1.165, 1.54) is 0 Å². The quantitative estimate of drug-likeness (QED) is 0.612. The molecule has 3 rings (SSSR count). The van der Waals surface area contributed by atoms with Crippen LogP contribution in [0.2, 0.25) is 0 Å². The Labute approximate surface area is 122 Å². The number of carbonyl (C=O) groups excluding carboxylic acids is 1. The first kappa shape index (κ1) is 12.8. The summed E-state index contributed by atoms with van der Waals surface area (Å²) in [4.78, 5) is 15.1. The maximum absolute atomic E-state index is 12.0. The van der Waals surface area contributed by atoms with Gasteiger partial charge in [-0.15, -0.1) is 6.42 Å². The van der Waals surface area contributed by atoms with Gasteiger partial charge in [-0.05, 0) is 30.3 Å². The lowest BCUT2D eigenvalue weighted by Crippen LogP contribution is -2.19. The summed E-state index contributed by atoms with van der Waals surface area (Å²) < 4.78 is 0. The average molecular weight is 275 g/mol. The van der Waals surface area contributed by atoms with Crippen molar-refractivity contribution >= 4 is 28.3 Å². The van der Waals surface area contributed by atoms with Gasteiger partial charge in [0.15, 0.2) is 0 Å². The van der Waals surface area contributed by atoms with Gasteiger partial charge >= 0.3 is 6.03 Å². The standard InChI is InChI=1S/C17H13N3O/c1-2-12-7-9-13(10-8-12)19-17(21)20-16-11-18-15-6-4-3-5-14(15)16/h1,3-11,18H,(H2,19,20,21). The van der Waals surface area contributed by atoms with E-state index in [0.29, 0.717) is 5.69 Å². The Morgan fingerprint density at radius 1 is 1.05 bits per heavy atom. The third-order valence-corrected chi connectivity index (χ3v) is 3.15. The van der Waals surface area contributed by atoms with E-state index in [1.54, 1.807) is 30.5 Å². The fourth-order valence-corrected chi connectivity index (χ4v) is 2.11. The SMILES string of the molecule is C#Cc1ccc(NC(=O)Nc2c[nH]c3ccccc23)cc1. The lowest BCUT2D eigenvalue weighted by Gasteiger charge is -2.06. The second kappa shape index (κ2) is 5.43. The first-order chi connectivity index (χ1) is 10.3. The van der Waals surface area contributed by atoms with Crippen molar-refractivity contribution in [2.75, 3.05) is 10.6 Å². The third kappa shape index (κ3) is 2.72. The number of amides is 2. The zero-order valence-electron chi connectivity index (χ0n) is 11.2. The number of H-pyrrole nitrogens is 1. The second-order valence-electron chi connectivity index (χ2n) is 4.55. The van der Waals surface area contributed by atoms with Crippen LogP contribution in [-0.2, 0) is 0 Å². The van der Waals surface area contributed by atoms with Crippen LogP contribution in [-0.4, -0.2) is 11.0 Å². The molecule has 21 heavy (non-hydrogen) atoms. The molecule has 3 N–H and O–H groups in total. The van der Waals surface area contributed by atoms with Gasteiger partial charge in [0.25, 0.3) is 0 Å². The Bertz CT molecular complexity index is 825. The molecule has 0 aliphatic carbocycles. The number of fused-ring (bicyclic) bond motifs is 1. The zero-order valence-corrected chi connectivity index (χ0v) is 11.2. The number of urea groups is 1. The zero-order chi connectivity index (χ0) is 14.7. The van der Waals surface area contributed by atoms with Crippen LogP contribution < -0.4 is 10.6 Å². The van der Waals surface area contributed by atoms with E-state index < -0.39 is 0 Å². The van der Waals surface area contributed by atoms with Crippen molar-refractivity contribution in [1.29, 1.82) is 0 Å². The van der Waals surface area contributed by atoms with E-state index in [4.69, 9.17) is 6.42 Å². The topological polar surface area (TPSA) is 56.9 Å². The van der Waals surface area contributed by atoms with Crippen molar-refractivity contribution in [1.82, 2.24) is 4.98 Å². The maximum atomic E-state index is 12.0. The number of rotatable bonds is 2. The number of nitrogens with one attached hydrogen (secondary N) is 3. The summed E-state index contributed by atoms with van der Waals surface area (Å²) in [5.41, 5.74) is 3.18. The molecule has 3 aromatic rings. The number of anilines is 2. The third-order valence-electron chi connectivity index (χ3n) is 3.15. The average Bonchev–Trinajstić information content (AvgIpc) is 2.91. The smallest absolute Gasteiger partial charge is 0.323 e. The van der Waals surface area contributed by atoms with Crippen LogP contribution in [0.1, 0.15) is 5.56 Å². The van der Waals surface area contributed by atoms with Crippen LogP contribution in [0.4, 0.5) is 16.2 Å². The van der Waals surface area contributed by atoms with E-state index in [9.17, 15) is 4.79 Å². The monoisotopic (exact) mass is 275 g/mol. The summed E-state index contributed by atoms with van der Waals surface area (Å²) in [5, 5.41) is 6.55. The van der Waals surface area contributed by atoms with Gasteiger partial charge in [-0.25, -0.2) is 4.79 Å². The molecule has 102 valence electrons. The van der Waals surface area contributed by atoms with Crippen molar-refractivity contribution in [3.63, 3.8) is 0 Å². The molecule has 0 aliphatic heterocycles. The molecule has 1 heterocycles. The molecule has 0 aliphatic rings. The molecule has 0 fully saturated rings. The summed E-state index contributed by atoms with van der Waals surface area (Å²) in [7, 11) is 0. The van der Waals surface area contributed by atoms with Gasteiger partial charge in [0, 0.05) is 28.4 Å². The number of hydrogen-bond acceptors (Lipinski definition) is 1. The van der Waals surface area contributed by atoms with Gasteiger partial charge in [0.2, 0.25) is 0 Å². The van der Waals surface area contributed by atoms with E-state index in [0.717, 1.165) is 22.2 Å². The molecule has 2 aromatic carbocycles. The summed E-state index contributed by atoms with van der Waals surface area (Å²) >= 11 is 0. The Morgan fingerprint density at radius 3 is 2.57 bits per heavy atom. The van der Waals surface area contributed by atoms with Crippen LogP contribution in [0.15, 0.2) is 54.7 Å². The lowest BCUT2D eigenvalue weighted by atomic mass is 10.2. The van der Waals surface area contributed by atoms with Crippen LogP contribution in [0.25, 0.3) is 10.9 Å². The molecule has 2 amide bonds. The van der Waals surface area contributed by atoms with Gasteiger partial charge in [0.1, 0.15) is 0 Å². The summed E-state index contributed by atoms with van der Waals surface area (Å²) in [6.07, 6.45) is 7.06. The molecule has 0 saturated heterocycles. The molecule has 0 atom stereocenters. The summed E-state index contributed by atoms with van der Waals surface area (Å²) in [6, 6.07) is 14.6. The van der Waals surface area contributed by atoms with Crippen LogP contribution in [0.3, 0.4) is 0 Å². The highest BCUT2D eigenvalue weighted by Gasteiger charge is 2.07. The number of benzene rings is 2. The molecular weight excluding hydrogens is 262 g/mol. The van der Waals surface area contributed by atoms with Crippen LogP contribution in [0.5, 0.6) is 0 Å². The Balaban J connectivity index is 1.73. The molecule has 0 radical (unpaired) electrons. The fraction of sp³-hybridized carbons (Fsp3) is 0. The Hall–Kier alpha value is -3.19. The Morgan fingerprint density at radius 2 is 1.81 bits per heavy atom. The molecule has 0 bridgehead atoms. The normalized spacial score (nSPS) is 10.0. The van der Waals surface area contributed by atoms with E-state index in [1.807, 2.05) is 24.3 Å². The second-order valence-corrected chi connectivity index (χ2v) is 4.55. The molecular formula is C17H13N3O. The number of hydrogen-bond donors (Lipinski definition) is 3. The number of carbonyl (C=O) groups is 1. The molecule has 1 aromatic heterocycles. The molecule has 0 unspecified atom stereocenters. The molecule has 4 heteroatoms. The van der Waals surface area contributed by atoms with Crippen LogP contribution in [0, 0.1) is 12.3 Å². The maximum Gasteiger partial charge on any atom is 0.323 e. The van der Waals surface area contributed by atoms with Gasteiger partial charge in [0.05, 0.1) is 5.69 Å². The van der Waals surface area contributed by atoms with E-state index >= 15 is 0 Å². The van der Waals surface area contributed by atoms with Crippen molar-refractivity contribution in [2.45, 2.75) is 0 Å². The molecule has 0 spiro atoms. The molecule has 4 nitrogen and oxygen atoms in total. The highest BCUT2D eigenvalue weighted by molar-refractivity contribution is 6.05. The van der Waals surface area contributed by atoms with Gasteiger partial charge < -0.3 is 15.6 Å². The van der Waals surface area contributed by atoms with Crippen molar-refractivity contribution in [3.8, 4) is 12.3 Å². The Kier molecular flexibility index (Phi) is 3.32. The highest BCUT2D eigenvalue weighted by Crippen LogP contribution is 2.22. The predicted octanol–water partition coefficient (Wildman–Crippen LogP) is 3.79. The van der Waals surface area contributed by atoms with Crippen LogP contribution >= 0.6 is 0 Å². The van der Waals surface area contributed by atoms with E-state index in [-0.39, 0.29) is 6.03 Å². The van der Waals surface area contributed by atoms with Crippen molar-refractivity contribution in [2.24, 2.45) is 0 Å². The largest absolute Gasteiger partial charge is 0.359 e. The minimum atomic E-state index is -0.298. The first-order valence-electron chi connectivity index (χ1n) is 6.47. The fourth-order valence-electron chi connectivity index (χ4n) is 2.11. The van der Waals surface area contributed by atoms with E-state index in [2.05, 4.69) is 21.5 Å². The first-order valence-corrected chi connectivity index (χ1v) is 6.47.